The van der Waals surface area contributed by atoms with Crippen LogP contribution in [0.1, 0.15) is 33.3 Å². The number of hydrogen-bond donors (Lipinski definition) is 1. The van der Waals surface area contributed by atoms with Gasteiger partial charge in [0.1, 0.15) is 5.75 Å². The van der Waals surface area contributed by atoms with Gasteiger partial charge < -0.3 is 4.74 Å². The number of halogens is 4. The molecule has 3 aromatic rings. The Morgan fingerprint density at radius 2 is 1.87 bits per heavy atom. The number of alkyl halides is 3. The average molecular weight is 469 g/mol. The maximum absolute atomic E-state index is 13.0. The van der Waals surface area contributed by atoms with Crippen molar-refractivity contribution in [3.8, 4) is 5.75 Å². The number of amides is 1. The molecular formula is C21H16ClF3N2O3S. The van der Waals surface area contributed by atoms with Crippen molar-refractivity contribution < 1.29 is 27.5 Å². The van der Waals surface area contributed by atoms with E-state index in [1.165, 1.54) is 25.3 Å². The summed E-state index contributed by atoms with van der Waals surface area (Å²) in [6.07, 6.45) is -2.83. The fourth-order valence-corrected chi connectivity index (χ4v) is 3.73. The number of thiazole rings is 1. The first-order chi connectivity index (χ1) is 14.6. The molecule has 0 fully saturated rings. The number of carbonyl (C=O) groups is 2. The predicted octanol–water partition coefficient (Wildman–Crippen LogP) is 5.63. The van der Waals surface area contributed by atoms with Gasteiger partial charge in [0.25, 0.3) is 5.91 Å². The number of nitrogens with zero attached hydrogens (tertiary/aromatic N) is 1. The Bertz CT molecular complexity index is 1100. The lowest BCUT2D eigenvalue weighted by molar-refractivity contribution is -0.137. The molecule has 0 unspecified atom stereocenters. The minimum Gasteiger partial charge on any atom is -0.484 e. The topological polar surface area (TPSA) is 68.3 Å². The van der Waals surface area contributed by atoms with Gasteiger partial charge in [-0.3, -0.25) is 14.9 Å². The summed E-state index contributed by atoms with van der Waals surface area (Å²) in [5, 5.41) is 2.53. The average Bonchev–Trinajstić information content (AvgIpc) is 3.14. The van der Waals surface area contributed by atoms with Crippen LogP contribution in [0.25, 0.3) is 0 Å². The van der Waals surface area contributed by atoms with Gasteiger partial charge in [-0.15, -0.1) is 11.3 Å². The van der Waals surface area contributed by atoms with Gasteiger partial charge in [0.15, 0.2) is 17.5 Å². The Hall–Kier alpha value is -2.91. The molecule has 10 heteroatoms. The number of anilines is 1. The first kappa shape index (κ1) is 22.8. The summed E-state index contributed by atoms with van der Waals surface area (Å²) in [4.78, 5) is 28.1. The summed E-state index contributed by atoms with van der Waals surface area (Å²) in [5.41, 5.74) is 0.0731. The highest BCUT2D eigenvalue weighted by molar-refractivity contribution is 7.15. The van der Waals surface area contributed by atoms with E-state index in [0.717, 1.165) is 17.4 Å². The summed E-state index contributed by atoms with van der Waals surface area (Å²) < 4.78 is 44.4. The molecule has 0 saturated carbocycles. The number of carbonyl (C=O) groups excluding carboxylic acids is 2. The van der Waals surface area contributed by atoms with Gasteiger partial charge in [-0.2, -0.15) is 13.2 Å². The molecule has 2 aromatic carbocycles. The number of hydrogen-bond acceptors (Lipinski definition) is 5. The van der Waals surface area contributed by atoms with Crippen LogP contribution < -0.4 is 10.1 Å². The van der Waals surface area contributed by atoms with Crippen LogP contribution in [0.4, 0.5) is 18.3 Å². The first-order valence-electron chi connectivity index (χ1n) is 8.96. The molecule has 31 heavy (non-hydrogen) atoms. The second-order valence-electron chi connectivity index (χ2n) is 6.54. The van der Waals surface area contributed by atoms with Crippen LogP contribution in [0.15, 0.2) is 48.7 Å². The van der Waals surface area contributed by atoms with Crippen molar-refractivity contribution in [2.24, 2.45) is 0 Å². The molecule has 0 aliphatic heterocycles. The highest BCUT2D eigenvalue weighted by Crippen LogP contribution is 2.35. The monoisotopic (exact) mass is 468 g/mol. The number of rotatable bonds is 7. The highest BCUT2D eigenvalue weighted by Gasteiger charge is 2.33. The fraction of sp³-hybridized carbons (Fsp3) is 0.190. The lowest BCUT2D eigenvalue weighted by atomic mass is 10.1. The quantitative estimate of drug-likeness (QED) is 0.456. The van der Waals surface area contributed by atoms with Crippen molar-refractivity contribution in [3.05, 3.63) is 75.3 Å². The Kier molecular flexibility index (Phi) is 6.97. The molecule has 0 spiro atoms. The SMILES string of the molecule is CC(=O)c1ccc(OCC(=O)Nc2ncc(Cc3ccc(Cl)c(C(F)(F)F)c3)s2)cc1. The summed E-state index contributed by atoms with van der Waals surface area (Å²) in [6, 6.07) is 10.1. The van der Waals surface area contributed by atoms with Crippen LogP contribution in [0, 0.1) is 0 Å². The third kappa shape index (κ3) is 6.28. The molecule has 1 aromatic heterocycles. The van der Waals surface area contributed by atoms with E-state index in [1.807, 2.05) is 0 Å². The van der Waals surface area contributed by atoms with Crippen molar-refractivity contribution in [3.63, 3.8) is 0 Å². The van der Waals surface area contributed by atoms with E-state index < -0.39 is 17.6 Å². The van der Waals surface area contributed by atoms with E-state index in [1.54, 1.807) is 24.3 Å². The minimum atomic E-state index is -4.54. The second kappa shape index (κ2) is 9.49. The Morgan fingerprint density at radius 1 is 1.16 bits per heavy atom. The molecule has 0 bridgehead atoms. The van der Waals surface area contributed by atoms with E-state index >= 15 is 0 Å². The molecule has 5 nitrogen and oxygen atoms in total. The van der Waals surface area contributed by atoms with Gasteiger partial charge in [-0.25, -0.2) is 4.98 Å². The lowest BCUT2D eigenvalue weighted by Crippen LogP contribution is -2.20. The Morgan fingerprint density at radius 3 is 2.52 bits per heavy atom. The zero-order valence-electron chi connectivity index (χ0n) is 16.1. The third-order valence-electron chi connectivity index (χ3n) is 4.15. The molecule has 162 valence electrons. The van der Waals surface area contributed by atoms with Gasteiger partial charge in [-0.05, 0) is 48.9 Å². The zero-order chi connectivity index (χ0) is 22.6. The van der Waals surface area contributed by atoms with Crippen molar-refractivity contribution in [1.29, 1.82) is 0 Å². The van der Waals surface area contributed by atoms with Crippen LogP contribution >= 0.6 is 22.9 Å². The molecule has 0 aliphatic rings. The molecule has 0 saturated heterocycles. The summed E-state index contributed by atoms with van der Waals surface area (Å²) >= 11 is 6.79. The van der Waals surface area contributed by atoms with Gasteiger partial charge in [0.05, 0.1) is 10.6 Å². The van der Waals surface area contributed by atoms with Crippen LogP contribution in [-0.2, 0) is 17.4 Å². The highest BCUT2D eigenvalue weighted by atomic mass is 35.5. The molecule has 1 heterocycles. The van der Waals surface area contributed by atoms with Crippen molar-refractivity contribution in [2.75, 3.05) is 11.9 Å². The standard InChI is InChI=1S/C21H16ClF3N2O3S/c1-12(28)14-3-5-15(6-4-14)30-11-19(29)27-20-26-10-16(31-20)8-13-2-7-18(22)17(9-13)21(23,24)25/h2-7,9-10H,8,11H2,1H3,(H,26,27,29). The molecule has 3 rings (SSSR count). The van der Waals surface area contributed by atoms with Gasteiger partial charge in [-0.1, -0.05) is 17.7 Å². The summed E-state index contributed by atoms with van der Waals surface area (Å²) in [5.74, 6) is -0.0809. The van der Waals surface area contributed by atoms with E-state index in [9.17, 15) is 22.8 Å². The predicted molar refractivity (Wildman–Crippen MR) is 112 cm³/mol. The lowest BCUT2D eigenvalue weighted by Gasteiger charge is -2.10. The third-order valence-corrected chi connectivity index (χ3v) is 5.39. The Balaban J connectivity index is 1.56. The van der Waals surface area contributed by atoms with Gasteiger partial charge >= 0.3 is 6.18 Å². The first-order valence-corrected chi connectivity index (χ1v) is 10.2. The number of Topliss-reactive ketones (excluding diaryl/α,β-unsaturated/α-hetero) is 1. The molecule has 1 N–H and O–H groups in total. The van der Waals surface area contributed by atoms with E-state index in [4.69, 9.17) is 16.3 Å². The molecular weight excluding hydrogens is 453 g/mol. The van der Waals surface area contributed by atoms with Crippen LogP contribution in [0.3, 0.4) is 0 Å². The van der Waals surface area contributed by atoms with Gasteiger partial charge in [0, 0.05) is 23.1 Å². The smallest absolute Gasteiger partial charge is 0.417 e. The fourth-order valence-electron chi connectivity index (χ4n) is 2.64. The van der Waals surface area contributed by atoms with E-state index in [0.29, 0.717) is 26.9 Å². The number of ketones is 1. The van der Waals surface area contributed by atoms with E-state index in [2.05, 4.69) is 10.3 Å². The number of ether oxygens (including phenoxy) is 1. The number of aromatic nitrogens is 1. The molecule has 0 aliphatic carbocycles. The minimum absolute atomic E-state index is 0.0721. The molecule has 1 amide bonds. The van der Waals surface area contributed by atoms with E-state index in [-0.39, 0.29) is 23.8 Å². The normalized spacial score (nSPS) is 11.3. The van der Waals surface area contributed by atoms with Crippen LogP contribution in [0.5, 0.6) is 5.75 Å². The molecule has 0 atom stereocenters. The maximum atomic E-state index is 13.0. The summed E-state index contributed by atoms with van der Waals surface area (Å²) in [6.45, 7) is 1.19. The second-order valence-corrected chi connectivity index (χ2v) is 8.06. The van der Waals surface area contributed by atoms with Crippen molar-refractivity contribution in [2.45, 2.75) is 19.5 Å². The molecule has 0 radical (unpaired) electrons. The Labute approximate surface area is 184 Å². The number of nitrogens with one attached hydrogen (secondary N) is 1. The van der Waals surface area contributed by atoms with Crippen molar-refractivity contribution in [1.82, 2.24) is 4.98 Å². The number of benzene rings is 2. The largest absolute Gasteiger partial charge is 0.484 e. The maximum Gasteiger partial charge on any atom is 0.417 e. The van der Waals surface area contributed by atoms with Crippen LogP contribution in [0.2, 0.25) is 5.02 Å². The van der Waals surface area contributed by atoms with Crippen LogP contribution in [-0.4, -0.2) is 23.3 Å². The van der Waals surface area contributed by atoms with Gasteiger partial charge in [0.2, 0.25) is 0 Å². The van der Waals surface area contributed by atoms with Crippen molar-refractivity contribution >= 4 is 39.8 Å². The summed E-state index contributed by atoms with van der Waals surface area (Å²) in [7, 11) is 0. The zero-order valence-corrected chi connectivity index (χ0v) is 17.7.